The van der Waals surface area contributed by atoms with Gasteiger partial charge in [0, 0.05) is 25.3 Å². The maximum absolute atomic E-state index is 5.53. The van der Waals surface area contributed by atoms with Crippen molar-refractivity contribution in [2.45, 2.75) is 32.0 Å². The van der Waals surface area contributed by atoms with Crippen LogP contribution in [0, 0.1) is 0 Å². The molecule has 0 saturated heterocycles. The molecule has 1 aromatic heterocycles. The van der Waals surface area contributed by atoms with E-state index in [9.17, 15) is 0 Å². The fraction of sp³-hybridized carbons (Fsp3) is 0.714. The number of methoxy groups -OCH3 is 1. The van der Waals surface area contributed by atoms with Gasteiger partial charge in [-0.3, -0.25) is 0 Å². The number of nitrogens with one attached hydrogen (secondary N) is 1. The van der Waals surface area contributed by atoms with E-state index in [1.807, 2.05) is 6.07 Å². The molecule has 0 radical (unpaired) electrons. The Morgan fingerprint density at radius 3 is 2.79 bits per heavy atom. The standard InChI is InChI=1S/C14H23NO4/c1-16-6-7-17-8-9-18-11-14-12(4-5-19-14)10-15-13-2-3-13/h4-5,13,15H,2-3,6-11H2,1H3. The quantitative estimate of drug-likeness (QED) is 0.620. The Bertz CT molecular complexity index is 349. The second-order valence-electron chi connectivity index (χ2n) is 4.68. The third kappa shape index (κ3) is 5.74. The van der Waals surface area contributed by atoms with Gasteiger partial charge in [0.1, 0.15) is 12.4 Å². The molecular formula is C14H23NO4. The molecule has 0 unspecified atom stereocenters. The van der Waals surface area contributed by atoms with Crippen LogP contribution in [-0.2, 0) is 27.4 Å². The summed E-state index contributed by atoms with van der Waals surface area (Å²) in [5.74, 6) is 0.907. The van der Waals surface area contributed by atoms with Crippen LogP contribution in [0.25, 0.3) is 0 Å². The molecule has 1 fully saturated rings. The molecule has 108 valence electrons. The van der Waals surface area contributed by atoms with E-state index in [1.54, 1.807) is 13.4 Å². The molecule has 0 bridgehead atoms. The predicted octanol–water partition coefficient (Wildman–Crippen LogP) is 1.71. The molecule has 2 rings (SSSR count). The molecule has 19 heavy (non-hydrogen) atoms. The Morgan fingerprint density at radius 2 is 2.00 bits per heavy atom. The molecular weight excluding hydrogens is 246 g/mol. The highest BCUT2D eigenvalue weighted by atomic mass is 16.5. The summed E-state index contributed by atoms with van der Waals surface area (Å²) < 4.78 is 21.2. The van der Waals surface area contributed by atoms with Crippen molar-refractivity contribution in [3.8, 4) is 0 Å². The highest BCUT2D eigenvalue weighted by molar-refractivity contribution is 5.16. The fourth-order valence-corrected chi connectivity index (χ4v) is 1.72. The van der Waals surface area contributed by atoms with Gasteiger partial charge in [-0.2, -0.15) is 0 Å². The highest BCUT2D eigenvalue weighted by Gasteiger charge is 2.20. The van der Waals surface area contributed by atoms with Crippen molar-refractivity contribution in [3.63, 3.8) is 0 Å². The lowest BCUT2D eigenvalue weighted by Gasteiger charge is -2.06. The van der Waals surface area contributed by atoms with E-state index < -0.39 is 0 Å². The zero-order valence-electron chi connectivity index (χ0n) is 11.5. The Balaban J connectivity index is 1.55. The van der Waals surface area contributed by atoms with Crippen LogP contribution in [0.5, 0.6) is 0 Å². The first-order valence-electron chi connectivity index (χ1n) is 6.83. The Morgan fingerprint density at radius 1 is 1.21 bits per heavy atom. The van der Waals surface area contributed by atoms with Crippen LogP contribution in [0.2, 0.25) is 0 Å². The van der Waals surface area contributed by atoms with Gasteiger partial charge in [-0.15, -0.1) is 0 Å². The largest absolute Gasteiger partial charge is 0.467 e. The van der Waals surface area contributed by atoms with Gasteiger partial charge < -0.3 is 23.9 Å². The van der Waals surface area contributed by atoms with E-state index >= 15 is 0 Å². The van der Waals surface area contributed by atoms with Crippen molar-refractivity contribution in [2.24, 2.45) is 0 Å². The summed E-state index contributed by atoms with van der Waals surface area (Å²) in [5.41, 5.74) is 1.19. The Kier molecular flexibility index (Phi) is 6.36. The molecule has 1 aliphatic carbocycles. The van der Waals surface area contributed by atoms with Gasteiger partial charge in [0.2, 0.25) is 0 Å². The van der Waals surface area contributed by atoms with Crippen LogP contribution in [0.1, 0.15) is 24.2 Å². The molecule has 1 aromatic rings. The average molecular weight is 269 g/mol. The van der Waals surface area contributed by atoms with E-state index in [1.165, 1.54) is 18.4 Å². The molecule has 5 nitrogen and oxygen atoms in total. The summed E-state index contributed by atoms with van der Waals surface area (Å²) in [6.45, 7) is 3.75. The maximum Gasteiger partial charge on any atom is 0.133 e. The number of ether oxygens (including phenoxy) is 3. The van der Waals surface area contributed by atoms with Gasteiger partial charge >= 0.3 is 0 Å². The van der Waals surface area contributed by atoms with E-state index in [0.717, 1.165) is 12.3 Å². The molecule has 1 heterocycles. The predicted molar refractivity (Wildman–Crippen MR) is 70.9 cm³/mol. The van der Waals surface area contributed by atoms with Gasteiger partial charge in [-0.1, -0.05) is 0 Å². The summed E-state index contributed by atoms with van der Waals surface area (Å²) >= 11 is 0. The summed E-state index contributed by atoms with van der Waals surface area (Å²) in [6.07, 6.45) is 4.31. The number of rotatable bonds is 11. The lowest BCUT2D eigenvalue weighted by Crippen LogP contribution is -2.16. The number of hydrogen-bond acceptors (Lipinski definition) is 5. The normalized spacial score (nSPS) is 15.0. The van der Waals surface area contributed by atoms with E-state index in [2.05, 4.69) is 5.32 Å². The number of hydrogen-bond donors (Lipinski definition) is 1. The van der Waals surface area contributed by atoms with Crippen molar-refractivity contribution in [1.29, 1.82) is 0 Å². The van der Waals surface area contributed by atoms with Crippen molar-refractivity contribution in [2.75, 3.05) is 33.5 Å². The molecule has 0 aromatic carbocycles. The first kappa shape index (κ1) is 14.5. The van der Waals surface area contributed by atoms with E-state index in [0.29, 0.717) is 39.1 Å². The zero-order chi connectivity index (χ0) is 13.3. The van der Waals surface area contributed by atoms with Crippen molar-refractivity contribution in [3.05, 3.63) is 23.7 Å². The number of furan rings is 1. The van der Waals surface area contributed by atoms with Crippen LogP contribution >= 0.6 is 0 Å². The third-order valence-corrected chi connectivity index (χ3v) is 3.03. The van der Waals surface area contributed by atoms with Crippen molar-refractivity contribution >= 4 is 0 Å². The SMILES string of the molecule is COCCOCCOCc1occc1CNC1CC1. The maximum atomic E-state index is 5.53. The minimum absolute atomic E-state index is 0.502. The molecule has 0 amide bonds. The molecule has 0 aliphatic heterocycles. The fourth-order valence-electron chi connectivity index (χ4n) is 1.72. The summed E-state index contributed by atoms with van der Waals surface area (Å²) in [5, 5.41) is 3.47. The van der Waals surface area contributed by atoms with Crippen molar-refractivity contribution in [1.82, 2.24) is 5.32 Å². The van der Waals surface area contributed by atoms with Gasteiger partial charge in [0.25, 0.3) is 0 Å². The average Bonchev–Trinajstić information content (AvgIpc) is 3.15. The Labute approximate surface area is 114 Å². The van der Waals surface area contributed by atoms with Crippen LogP contribution in [0.15, 0.2) is 16.7 Å². The first-order valence-corrected chi connectivity index (χ1v) is 6.83. The lowest BCUT2D eigenvalue weighted by molar-refractivity contribution is 0.0159. The van der Waals surface area contributed by atoms with Gasteiger partial charge in [0.15, 0.2) is 0 Å². The van der Waals surface area contributed by atoms with Crippen molar-refractivity contribution < 1.29 is 18.6 Å². The topological polar surface area (TPSA) is 52.9 Å². The molecule has 5 heteroatoms. The van der Waals surface area contributed by atoms with Gasteiger partial charge in [0.05, 0.1) is 32.7 Å². The lowest BCUT2D eigenvalue weighted by atomic mass is 10.2. The minimum Gasteiger partial charge on any atom is -0.467 e. The second-order valence-corrected chi connectivity index (χ2v) is 4.68. The zero-order valence-corrected chi connectivity index (χ0v) is 11.5. The summed E-state index contributed by atoms with van der Waals surface area (Å²) in [7, 11) is 1.66. The Hall–Kier alpha value is -0.880. The van der Waals surface area contributed by atoms with Gasteiger partial charge in [-0.05, 0) is 18.9 Å². The summed E-state index contributed by atoms with van der Waals surface area (Å²) in [4.78, 5) is 0. The highest BCUT2D eigenvalue weighted by Crippen LogP contribution is 2.20. The monoisotopic (exact) mass is 269 g/mol. The van der Waals surface area contributed by atoms with Crippen LogP contribution in [0.3, 0.4) is 0 Å². The van der Waals surface area contributed by atoms with Gasteiger partial charge in [-0.25, -0.2) is 0 Å². The second kappa shape index (κ2) is 8.32. The smallest absolute Gasteiger partial charge is 0.133 e. The van der Waals surface area contributed by atoms with E-state index in [4.69, 9.17) is 18.6 Å². The molecule has 1 saturated carbocycles. The first-order chi connectivity index (χ1) is 9.40. The van der Waals surface area contributed by atoms with Crippen LogP contribution < -0.4 is 5.32 Å². The summed E-state index contributed by atoms with van der Waals surface area (Å²) in [6, 6.07) is 2.71. The molecule has 0 atom stereocenters. The van der Waals surface area contributed by atoms with Crippen LogP contribution in [-0.4, -0.2) is 39.6 Å². The molecule has 1 N–H and O–H groups in total. The third-order valence-electron chi connectivity index (χ3n) is 3.03. The minimum atomic E-state index is 0.502. The van der Waals surface area contributed by atoms with E-state index in [-0.39, 0.29) is 0 Å². The molecule has 1 aliphatic rings. The van der Waals surface area contributed by atoms with Crippen LogP contribution in [0.4, 0.5) is 0 Å². The molecule has 0 spiro atoms.